The molecule has 0 unspecified atom stereocenters. The van der Waals surface area contributed by atoms with E-state index >= 15 is 0 Å². The highest BCUT2D eigenvalue weighted by atomic mass is 32.1. The van der Waals surface area contributed by atoms with Crippen LogP contribution < -0.4 is 5.32 Å². The molecule has 0 spiro atoms. The first-order valence-corrected chi connectivity index (χ1v) is 9.19. The lowest BCUT2D eigenvalue weighted by molar-refractivity contribution is 0.138. The molecular weight excluding hydrogens is 280 g/mol. The van der Waals surface area contributed by atoms with Crippen LogP contribution in [0.15, 0.2) is 0 Å². The van der Waals surface area contributed by atoms with E-state index in [1.165, 1.54) is 67.7 Å². The molecule has 0 atom stereocenters. The highest BCUT2D eigenvalue weighted by Gasteiger charge is 2.29. The standard InChI is InChI=1S/C16H28N4S/c1-3-19-8-10-20(11-9-19)7-6-15-18-16(13-4-5-13)14(21-15)12-17-2/h13,17H,3-12H2,1-2H3. The van der Waals surface area contributed by atoms with Crippen LogP contribution in [0.1, 0.15) is 41.3 Å². The molecule has 0 bridgehead atoms. The minimum absolute atomic E-state index is 0.770. The van der Waals surface area contributed by atoms with E-state index in [1.807, 2.05) is 18.4 Å². The maximum Gasteiger partial charge on any atom is 0.0944 e. The molecule has 3 rings (SSSR count). The number of aromatic nitrogens is 1. The van der Waals surface area contributed by atoms with Gasteiger partial charge in [-0.05, 0) is 26.4 Å². The maximum atomic E-state index is 4.95. The number of likely N-dealkylation sites (N-methyl/N-ethyl adjacent to an activating group) is 1. The minimum Gasteiger partial charge on any atom is -0.315 e. The van der Waals surface area contributed by atoms with Crippen LogP contribution in [0.4, 0.5) is 0 Å². The fraction of sp³-hybridized carbons (Fsp3) is 0.812. The summed E-state index contributed by atoms with van der Waals surface area (Å²) in [6.45, 7) is 10.5. The second kappa shape index (κ2) is 7.18. The fourth-order valence-electron chi connectivity index (χ4n) is 3.07. The zero-order valence-electron chi connectivity index (χ0n) is 13.4. The van der Waals surface area contributed by atoms with E-state index in [0.717, 1.165) is 18.9 Å². The van der Waals surface area contributed by atoms with Gasteiger partial charge in [0.1, 0.15) is 0 Å². The summed E-state index contributed by atoms with van der Waals surface area (Å²) < 4.78 is 0. The Balaban J connectivity index is 1.52. The topological polar surface area (TPSA) is 31.4 Å². The Morgan fingerprint density at radius 3 is 2.52 bits per heavy atom. The van der Waals surface area contributed by atoms with Gasteiger partial charge in [-0.2, -0.15) is 0 Å². The first kappa shape index (κ1) is 15.4. The predicted octanol–water partition coefficient (Wildman–Crippen LogP) is 1.92. The van der Waals surface area contributed by atoms with Crippen LogP contribution in [0.5, 0.6) is 0 Å². The molecule has 1 saturated heterocycles. The number of thiazole rings is 1. The quantitative estimate of drug-likeness (QED) is 0.834. The summed E-state index contributed by atoms with van der Waals surface area (Å²) in [5.74, 6) is 0.770. The second-order valence-corrected chi connectivity index (χ2v) is 7.41. The van der Waals surface area contributed by atoms with Gasteiger partial charge in [-0.3, -0.25) is 0 Å². The molecule has 0 aromatic carbocycles. The van der Waals surface area contributed by atoms with Crippen molar-refractivity contribution in [2.45, 2.75) is 38.6 Å². The van der Waals surface area contributed by atoms with Gasteiger partial charge >= 0.3 is 0 Å². The van der Waals surface area contributed by atoms with Crippen LogP contribution in [-0.2, 0) is 13.0 Å². The van der Waals surface area contributed by atoms with E-state index in [2.05, 4.69) is 22.0 Å². The van der Waals surface area contributed by atoms with E-state index in [4.69, 9.17) is 4.98 Å². The van der Waals surface area contributed by atoms with Crippen LogP contribution in [0, 0.1) is 0 Å². The Morgan fingerprint density at radius 1 is 1.19 bits per heavy atom. The number of piperazine rings is 1. The Hall–Kier alpha value is -0.490. The Bertz CT molecular complexity index is 447. The molecule has 0 radical (unpaired) electrons. The van der Waals surface area contributed by atoms with E-state index in [1.54, 1.807) is 0 Å². The van der Waals surface area contributed by atoms with Crippen molar-refractivity contribution in [3.8, 4) is 0 Å². The lowest BCUT2D eigenvalue weighted by Crippen LogP contribution is -2.46. The van der Waals surface area contributed by atoms with Crippen molar-refractivity contribution >= 4 is 11.3 Å². The largest absolute Gasteiger partial charge is 0.315 e. The van der Waals surface area contributed by atoms with Crippen molar-refractivity contribution in [1.29, 1.82) is 0 Å². The predicted molar refractivity (Wildman–Crippen MR) is 89.1 cm³/mol. The van der Waals surface area contributed by atoms with Gasteiger partial charge in [0.05, 0.1) is 10.7 Å². The van der Waals surface area contributed by atoms with Crippen LogP contribution in [0.2, 0.25) is 0 Å². The highest BCUT2D eigenvalue weighted by molar-refractivity contribution is 7.11. The molecule has 4 nitrogen and oxygen atoms in total. The molecule has 2 heterocycles. The Labute approximate surface area is 132 Å². The van der Waals surface area contributed by atoms with Crippen molar-refractivity contribution in [3.63, 3.8) is 0 Å². The van der Waals surface area contributed by atoms with Gasteiger partial charge in [-0.25, -0.2) is 4.98 Å². The SMILES string of the molecule is CCN1CCN(CCc2nc(C3CC3)c(CNC)s2)CC1. The maximum absolute atomic E-state index is 4.95. The number of hydrogen-bond acceptors (Lipinski definition) is 5. The number of nitrogens with zero attached hydrogens (tertiary/aromatic N) is 3. The molecule has 1 aromatic rings. The first-order chi connectivity index (χ1) is 10.3. The summed E-state index contributed by atoms with van der Waals surface area (Å²) in [7, 11) is 2.03. The normalized spacial score (nSPS) is 21.0. The summed E-state index contributed by atoms with van der Waals surface area (Å²) in [5.41, 5.74) is 1.40. The smallest absolute Gasteiger partial charge is 0.0944 e. The van der Waals surface area contributed by atoms with E-state index in [0.29, 0.717) is 0 Å². The third-order valence-corrected chi connectivity index (χ3v) is 5.76. The molecule has 2 aliphatic rings. The summed E-state index contributed by atoms with van der Waals surface area (Å²) in [6, 6.07) is 0. The van der Waals surface area contributed by atoms with Gasteiger partial charge in [0, 0.05) is 56.5 Å². The summed E-state index contributed by atoms with van der Waals surface area (Å²) in [6.07, 6.45) is 3.82. The zero-order valence-corrected chi connectivity index (χ0v) is 14.2. The summed E-state index contributed by atoms with van der Waals surface area (Å²) >= 11 is 1.94. The third kappa shape index (κ3) is 4.03. The van der Waals surface area contributed by atoms with Crippen LogP contribution in [0.25, 0.3) is 0 Å². The Kier molecular flexibility index (Phi) is 5.27. The van der Waals surface area contributed by atoms with E-state index in [-0.39, 0.29) is 0 Å². The first-order valence-electron chi connectivity index (χ1n) is 8.38. The molecule has 0 amide bonds. The van der Waals surface area contributed by atoms with Crippen molar-refractivity contribution in [1.82, 2.24) is 20.1 Å². The van der Waals surface area contributed by atoms with Crippen molar-refractivity contribution in [2.75, 3.05) is 46.3 Å². The van der Waals surface area contributed by atoms with Crippen molar-refractivity contribution < 1.29 is 0 Å². The van der Waals surface area contributed by atoms with Crippen LogP contribution in [-0.4, -0.2) is 61.1 Å². The average molecular weight is 308 g/mol. The monoisotopic (exact) mass is 308 g/mol. The van der Waals surface area contributed by atoms with Crippen molar-refractivity contribution in [2.24, 2.45) is 0 Å². The zero-order chi connectivity index (χ0) is 14.7. The Morgan fingerprint density at radius 2 is 1.90 bits per heavy atom. The molecular formula is C16H28N4S. The lowest BCUT2D eigenvalue weighted by Gasteiger charge is -2.33. The molecule has 1 aliphatic carbocycles. The highest BCUT2D eigenvalue weighted by Crippen LogP contribution is 2.42. The van der Waals surface area contributed by atoms with Gasteiger partial charge < -0.3 is 15.1 Å². The molecule has 1 aliphatic heterocycles. The van der Waals surface area contributed by atoms with Crippen molar-refractivity contribution in [3.05, 3.63) is 15.6 Å². The third-order valence-electron chi connectivity index (χ3n) is 4.63. The molecule has 5 heteroatoms. The van der Waals surface area contributed by atoms with Gasteiger partial charge in [-0.15, -0.1) is 11.3 Å². The molecule has 1 aromatic heterocycles. The average Bonchev–Trinajstić information content (AvgIpc) is 3.28. The lowest BCUT2D eigenvalue weighted by atomic mass is 10.2. The molecule has 2 fully saturated rings. The molecule has 118 valence electrons. The van der Waals surface area contributed by atoms with Gasteiger partial charge in [0.2, 0.25) is 0 Å². The molecule has 1 N–H and O–H groups in total. The second-order valence-electron chi connectivity index (χ2n) is 6.25. The number of rotatable bonds is 7. The van der Waals surface area contributed by atoms with Gasteiger partial charge in [-0.1, -0.05) is 6.92 Å². The molecule has 1 saturated carbocycles. The number of hydrogen-bond donors (Lipinski definition) is 1. The van der Waals surface area contributed by atoms with Gasteiger partial charge in [0.15, 0.2) is 0 Å². The summed E-state index contributed by atoms with van der Waals surface area (Å²) in [5, 5.41) is 4.64. The summed E-state index contributed by atoms with van der Waals surface area (Å²) in [4.78, 5) is 11.6. The van der Waals surface area contributed by atoms with Gasteiger partial charge in [0.25, 0.3) is 0 Å². The minimum atomic E-state index is 0.770. The van der Waals surface area contributed by atoms with E-state index < -0.39 is 0 Å². The van der Waals surface area contributed by atoms with Crippen LogP contribution >= 0.6 is 11.3 Å². The number of nitrogens with one attached hydrogen (secondary N) is 1. The van der Waals surface area contributed by atoms with E-state index in [9.17, 15) is 0 Å². The van der Waals surface area contributed by atoms with Crippen LogP contribution in [0.3, 0.4) is 0 Å². The fourth-order valence-corrected chi connectivity index (χ4v) is 4.22. The molecule has 21 heavy (non-hydrogen) atoms.